The molecular weight excluding hydrogens is 223 g/mol. The summed E-state index contributed by atoms with van der Waals surface area (Å²) in [6.07, 6.45) is -0.548. The molecule has 0 rings (SSSR count). The van der Waals surface area contributed by atoms with Crippen molar-refractivity contribution in [1.82, 2.24) is 0 Å². The molecule has 7 heteroatoms. The van der Waals surface area contributed by atoms with Gasteiger partial charge in [0.05, 0.1) is 6.61 Å². The maximum atomic E-state index is 10.3. The van der Waals surface area contributed by atoms with Crippen molar-refractivity contribution in [2.45, 2.75) is 13.3 Å². The first-order valence-corrected chi connectivity index (χ1v) is 2.54. The first kappa shape index (κ1) is 23.4. The molecule has 12 heavy (non-hydrogen) atoms. The summed E-state index contributed by atoms with van der Waals surface area (Å²) in [5, 5.41) is 8.01. The summed E-state index contributed by atoms with van der Waals surface area (Å²) in [6, 6.07) is 0. The maximum absolute atomic E-state index is 10.3. The first-order chi connectivity index (χ1) is 4.16. The third-order valence-electron chi connectivity index (χ3n) is 0.601. The van der Waals surface area contributed by atoms with Gasteiger partial charge in [-0.3, -0.25) is 9.59 Å². The fourth-order valence-electron chi connectivity index (χ4n) is 0.335. The number of esters is 1. The fourth-order valence-corrected chi connectivity index (χ4v) is 0.335. The van der Waals surface area contributed by atoms with Crippen LogP contribution in [0.4, 0.5) is 0 Å². The van der Waals surface area contributed by atoms with Crippen molar-refractivity contribution >= 4 is 47.4 Å². The van der Waals surface area contributed by atoms with E-state index in [4.69, 9.17) is 5.11 Å². The molecule has 0 saturated carbocycles. The molecule has 0 fully saturated rings. The number of ether oxygens (including phenoxy) is 1. The van der Waals surface area contributed by atoms with Crippen LogP contribution < -0.4 is 51.4 Å². The number of carbonyl (C=O) groups is 2. The number of carbonyl (C=O) groups excluding carboxylic acids is 1. The van der Waals surface area contributed by atoms with Crippen LogP contribution in [0, 0.1) is 0 Å². The summed E-state index contributed by atoms with van der Waals surface area (Å²) in [5.41, 5.74) is 0. The van der Waals surface area contributed by atoms with E-state index in [9.17, 15) is 9.59 Å². The Kier molecular flexibility index (Phi) is 29.5. The Balaban J connectivity index is -0.0000000213. The maximum Gasteiger partial charge on any atom is 2.00 e. The van der Waals surface area contributed by atoms with Gasteiger partial charge in [-0.25, -0.2) is 0 Å². The Morgan fingerprint density at radius 1 is 1.50 bits per heavy atom. The third-order valence-corrected chi connectivity index (χ3v) is 0.601. The van der Waals surface area contributed by atoms with Crippen molar-refractivity contribution in [2.75, 3.05) is 6.61 Å². The van der Waals surface area contributed by atoms with E-state index >= 15 is 0 Å². The van der Waals surface area contributed by atoms with Crippen LogP contribution in [-0.2, 0) is 14.3 Å². The normalized spacial score (nSPS) is 6.42. The standard InChI is InChI=1S/C5H8O4.ClH.K.Mg.3H/c1-2-9-5(8)3-4(6)7;;;;;;/h2-3H2,1H3,(H,6,7);1H;;;;;/q;;+1;+2;3*-1. The minimum absolute atomic E-state index is 0. The van der Waals surface area contributed by atoms with Gasteiger partial charge in [-0.1, -0.05) is 0 Å². The molecule has 0 saturated heterocycles. The number of carboxylic acid groups (broad SMARTS) is 1. The van der Waals surface area contributed by atoms with Gasteiger partial charge in [0.2, 0.25) is 0 Å². The van der Waals surface area contributed by atoms with E-state index in [-0.39, 0.29) is 97.7 Å². The van der Waals surface area contributed by atoms with Gasteiger partial charge in [0.15, 0.2) is 0 Å². The summed E-state index contributed by atoms with van der Waals surface area (Å²) >= 11 is 0. The quantitative estimate of drug-likeness (QED) is 0.331. The molecule has 0 aliphatic rings. The smallest absolute Gasteiger partial charge is 1.00 e. The molecule has 1 N–H and O–H groups in total. The summed E-state index contributed by atoms with van der Waals surface area (Å²) in [7, 11) is 0. The van der Waals surface area contributed by atoms with E-state index in [0.29, 0.717) is 0 Å². The molecule has 0 radical (unpaired) electrons. The molecule has 0 heterocycles. The summed E-state index contributed by atoms with van der Waals surface area (Å²) in [4.78, 5) is 20.0. The van der Waals surface area contributed by atoms with E-state index in [2.05, 4.69) is 4.74 Å². The average Bonchev–Trinajstić information content (AvgIpc) is 1.63. The van der Waals surface area contributed by atoms with Gasteiger partial charge in [-0.15, -0.1) is 12.4 Å². The molecule has 0 atom stereocenters. The predicted molar refractivity (Wildman–Crippen MR) is 45.2 cm³/mol. The van der Waals surface area contributed by atoms with Crippen LogP contribution in [0.5, 0.6) is 0 Å². The number of halogens is 1. The van der Waals surface area contributed by atoms with Crippen molar-refractivity contribution in [3.63, 3.8) is 0 Å². The van der Waals surface area contributed by atoms with Crippen LogP contribution in [-0.4, -0.2) is 46.7 Å². The molecule has 0 aliphatic carbocycles. The van der Waals surface area contributed by atoms with Gasteiger partial charge in [0, 0.05) is 0 Å². The van der Waals surface area contributed by atoms with Crippen molar-refractivity contribution < 1.29 is 75.1 Å². The molecule has 0 aromatic carbocycles. The molecule has 0 unspecified atom stereocenters. The molecular formula is C5H12ClKMgO4. The zero-order chi connectivity index (χ0) is 7.28. The number of hydrogen-bond acceptors (Lipinski definition) is 3. The number of rotatable bonds is 3. The number of hydrogen-bond donors (Lipinski definition) is 1. The summed E-state index contributed by atoms with van der Waals surface area (Å²) < 4.78 is 4.33. The molecule has 0 amide bonds. The minimum atomic E-state index is -1.16. The van der Waals surface area contributed by atoms with Crippen LogP contribution in [0.25, 0.3) is 0 Å². The van der Waals surface area contributed by atoms with Gasteiger partial charge in [0.25, 0.3) is 0 Å². The number of aliphatic carboxylic acids is 1. The average molecular weight is 235 g/mol. The summed E-state index contributed by atoms with van der Waals surface area (Å²) in [5.74, 6) is -1.85. The van der Waals surface area contributed by atoms with Crippen molar-refractivity contribution in [2.24, 2.45) is 0 Å². The van der Waals surface area contributed by atoms with Crippen LogP contribution in [0.2, 0.25) is 0 Å². The first-order valence-electron chi connectivity index (χ1n) is 2.54. The monoisotopic (exact) mass is 234 g/mol. The largest absolute Gasteiger partial charge is 2.00 e. The van der Waals surface area contributed by atoms with Gasteiger partial charge in [0.1, 0.15) is 6.42 Å². The van der Waals surface area contributed by atoms with E-state index in [1.807, 2.05) is 0 Å². The van der Waals surface area contributed by atoms with E-state index in [0.717, 1.165) is 0 Å². The minimum Gasteiger partial charge on any atom is -1.00 e. The van der Waals surface area contributed by atoms with Gasteiger partial charge < -0.3 is 14.1 Å². The van der Waals surface area contributed by atoms with E-state index in [1.165, 1.54) is 0 Å². The van der Waals surface area contributed by atoms with Crippen molar-refractivity contribution in [1.29, 1.82) is 0 Å². The topological polar surface area (TPSA) is 63.6 Å². The molecule has 0 aromatic rings. The Morgan fingerprint density at radius 2 is 1.92 bits per heavy atom. The zero-order valence-electron chi connectivity index (χ0n) is 10.2. The molecule has 0 aromatic heterocycles. The number of carboxylic acids is 1. The molecule has 66 valence electrons. The fraction of sp³-hybridized carbons (Fsp3) is 0.600. The Bertz CT molecular complexity index is 143. The van der Waals surface area contributed by atoms with Crippen molar-refractivity contribution in [3.05, 3.63) is 0 Å². The molecule has 0 spiro atoms. The van der Waals surface area contributed by atoms with Crippen LogP contribution in [0.3, 0.4) is 0 Å². The second-order valence-electron chi connectivity index (χ2n) is 1.38. The van der Waals surface area contributed by atoms with Gasteiger partial charge in [-0.2, -0.15) is 0 Å². The molecule has 0 bridgehead atoms. The Labute approximate surface area is 140 Å². The second kappa shape index (κ2) is 15.1. The van der Waals surface area contributed by atoms with Crippen LogP contribution in [0.1, 0.15) is 17.6 Å². The Morgan fingerprint density at radius 3 is 2.17 bits per heavy atom. The van der Waals surface area contributed by atoms with E-state index < -0.39 is 18.4 Å². The second-order valence-corrected chi connectivity index (χ2v) is 1.38. The third kappa shape index (κ3) is 17.6. The SMILES string of the molecule is CCOC(=O)CC(=O)O.Cl.[H-].[H-].[H-].[K+].[Mg+2]. The van der Waals surface area contributed by atoms with Crippen LogP contribution >= 0.6 is 12.4 Å². The van der Waals surface area contributed by atoms with E-state index in [1.54, 1.807) is 6.92 Å². The predicted octanol–water partition coefficient (Wildman–Crippen LogP) is -2.59. The zero-order valence-corrected chi connectivity index (χ0v) is 12.6. The van der Waals surface area contributed by atoms with Crippen molar-refractivity contribution in [3.8, 4) is 0 Å². The molecule has 0 aliphatic heterocycles. The Hall–Kier alpha value is 1.63. The van der Waals surface area contributed by atoms with Gasteiger partial charge in [-0.05, 0) is 6.92 Å². The summed E-state index contributed by atoms with van der Waals surface area (Å²) in [6.45, 7) is 1.85. The molecule has 4 nitrogen and oxygen atoms in total. The van der Waals surface area contributed by atoms with Crippen LogP contribution in [0.15, 0.2) is 0 Å². The van der Waals surface area contributed by atoms with Gasteiger partial charge >= 0.3 is 86.4 Å².